The summed E-state index contributed by atoms with van der Waals surface area (Å²) in [4.78, 5) is 31.1. The SMILES string of the molecule is CN(C(=O)n1cncn1)C1CCC2CNc3c(C(N)=O)c(-c4ccc(Oc5ccccc5)cc4)nn3C2C1. The maximum Gasteiger partial charge on any atom is 0.346 e. The molecule has 3 heterocycles. The van der Waals surface area contributed by atoms with E-state index in [-0.39, 0.29) is 18.1 Å². The molecule has 2 aromatic heterocycles. The number of nitrogens with zero attached hydrogens (tertiary/aromatic N) is 6. The lowest BCUT2D eigenvalue weighted by Crippen LogP contribution is -2.47. The molecule has 0 radical (unpaired) electrons. The number of rotatable bonds is 5. The summed E-state index contributed by atoms with van der Waals surface area (Å²) < 4.78 is 9.05. The van der Waals surface area contributed by atoms with Crippen molar-refractivity contribution in [1.82, 2.24) is 29.4 Å². The number of primary amides is 1. The molecular weight excluding hydrogens is 484 g/mol. The first-order valence-electron chi connectivity index (χ1n) is 12.6. The van der Waals surface area contributed by atoms with Crippen LogP contribution in [0.5, 0.6) is 11.5 Å². The van der Waals surface area contributed by atoms with Crippen molar-refractivity contribution in [3.05, 3.63) is 72.8 Å². The Kier molecular flexibility index (Phi) is 6.02. The van der Waals surface area contributed by atoms with Gasteiger partial charge in [-0.1, -0.05) is 18.2 Å². The Morgan fingerprint density at radius 2 is 1.84 bits per heavy atom. The Morgan fingerprint density at radius 1 is 1.08 bits per heavy atom. The molecule has 11 nitrogen and oxygen atoms in total. The van der Waals surface area contributed by atoms with Crippen LogP contribution < -0.4 is 15.8 Å². The standard InChI is InChI=1S/C27H28N8O3/c1-33(27(37)34-16-29-15-31-34)19-10-7-18-14-30-26-23(25(28)36)24(32-35(26)22(18)13-19)17-8-11-21(12-9-17)38-20-5-3-2-4-6-20/h2-6,8-9,11-12,15-16,18-19,22,30H,7,10,13-14H2,1H3,(H2,28,36). The second kappa shape index (κ2) is 9.66. The summed E-state index contributed by atoms with van der Waals surface area (Å²) in [6.45, 7) is 0.716. The lowest BCUT2D eigenvalue weighted by Gasteiger charge is -2.42. The lowest BCUT2D eigenvalue weighted by molar-refractivity contribution is 0.100. The van der Waals surface area contributed by atoms with Crippen LogP contribution in [-0.2, 0) is 0 Å². The Labute approximate surface area is 219 Å². The van der Waals surface area contributed by atoms with E-state index in [0.29, 0.717) is 41.7 Å². The van der Waals surface area contributed by atoms with E-state index in [2.05, 4.69) is 15.4 Å². The number of nitrogens with one attached hydrogen (secondary N) is 1. The van der Waals surface area contributed by atoms with Crippen molar-refractivity contribution in [2.45, 2.75) is 31.3 Å². The van der Waals surface area contributed by atoms with Crippen LogP contribution in [0.15, 0.2) is 67.3 Å². The van der Waals surface area contributed by atoms with Gasteiger partial charge in [0.15, 0.2) is 0 Å². The number of carbonyl (C=O) groups is 2. The van der Waals surface area contributed by atoms with Gasteiger partial charge in [-0.25, -0.2) is 14.5 Å². The normalized spacial score (nSPS) is 20.1. The number of nitrogens with two attached hydrogens (primary N) is 1. The average Bonchev–Trinajstić information content (AvgIpc) is 3.62. The van der Waals surface area contributed by atoms with Gasteiger partial charge in [-0.05, 0) is 61.6 Å². The highest BCUT2D eigenvalue weighted by Crippen LogP contribution is 2.43. The van der Waals surface area contributed by atoms with Crippen molar-refractivity contribution in [3.63, 3.8) is 0 Å². The van der Waals surface area contributed by atoms with Gasteiger partial charge >= 0.3 is 6.03 Å². The van der Waals surface area contributed by atoms with Gasteiger partial charge in [-0.3, -0.25) is 4.79 Å². The third kappa shape index (κ3) is 4.25. The Bertz CT molecular complexity index is 1450. The van der Waals surface area contributed by atoms with E-state index < -0.39 is 5.91 Å². The highest BCUT2D eigenvalue weighted by molar-refractivity contribution is 6.03. The van der Waals surface area contributed by atoms with Crippen LogP contribution in [0.25, 0.3) is 11.3 Å². The molecule has 1 aliphatic carbocycles. The molecule has 1 saturated carbocycles. The molecule has 1 fully saturated rings. The van der Waals surface area contributed by atoms with Gasteiger partial charge in [0.25, 0.3) is 5.91 Å². The van der Waals surface area contributed by atoms with E-state index in [0.717, 1.165) is 24.2 Å². The van der Waals surface area contributed by atoms with Gasteiger partial charge in [-0.2, -0.15) is 14.9 Å². The van der Waals surface area contributed by atoms with Crippen LogP contribution in [0.1, 0.15) is 35.7 Å². The Hall–Kier alpha value is -4.67. The number of amides is 2. The summed E-state index contributed by atoms with van der Waals surface area (Å²) in [7, 11) is 1.79. The molecule has 38 heavy (non-hydrogen) atoms. The topological polar surface area (TPSA) is 133 Å². The van der Waals surface area contributed by atoms with E-state index in [1.54, 1.807) is 11.9 Å². The quantitative estimate of drug-likeness (QED) is 0.416. The molecule has 0 bridgehead atoms. The average molecular weight is 513 g/mol. The molecule has 194 valence electrons. The number of hydrogen-bond donors (Lipinski definition) is 2. The predicted molar refractivity (Wildman–Crippen MR) is 140 cm³/mol. The highest BCUT2D eigenvalue weighted by Gasteiger charge is 2.41. The zero-order valence-corrected chi connectivity index (χ0v) is 20.9. The summed E-state index contributed by atoms with van der Waals surface area (Å²) in [5, 5.41) is 12.3. The van der Waals surface area contributed by atoms with Crippen LogP contribution >= 0.6 is 0 Å². The third-order valence-corrected chi connectivity index (χ3v) is 7.50. The third-order valence-electron chi connectivity index (χ3n) is 7.50. The monoisotopic (exact) mass is 512 g/mol. The second-order valence-corrected chi connectivity index (χ2v) is 9.73. The minimum Gasteiger partial charge on any atom is -0.457 e. The highest BCUT2D eigenvalue weighted by atomic mass is 16.5. The second-order valence-electron chi connectivity index (χ2n) is 9.73. The smallest absolute Gasteiger partial charge is 0.346 e. The maximum absolute atomic E-state index is 12.9. The van der Waals surface area contributed by atoms with Gasteiger partial charge in [0, 0.05) is 25.2 Å². The number of carbonyl (C=O) groups excluding carboxylic acids is 2. The van der Waals surface area contributed by atoms with Crippen LogP contribution in [-0.4, -0.2) is 61.0 Å². The molecule has 2 aromatic carbocycles. The van der Waals surface area contributed by atoms with Crippen molar-refractivity contribution in [2.75, 3.05) is 18.9 Å². The summed E-state index contributed by atoms with van der Waals surface area (Å²) in [5.41, 5.74) is 7.53. The van der Waals surface area contributed by atoms with Crippen LogP contribution in [0.4, 0.5) is 10.6 Å². The molecule has 11 heteroatoms. The van der Waals surface area contributed by atoms with E-state index in [9.17, 15) is 9.59 Å². The zero-order valence-electron chi connectivity index (χ0n) is 20.9. The van der Waals surface area contributed by atoms with Crippen molar-refractivity contribution in [1.29, 1.82) is 0 Å². The van der Waals surface area contributed by atoms with Crippen molar-refractivity contribution in [2.24, 2.45) is 11.7 Å². The molecule has 3 N–H and O–H groups in total. The van der Waals surface area contributed by atoms with Gasteiger partial charge < -0.3 is 20.7 Å². The minimum absolute atomic E-state index is 0.00185. The van der Waals surface area contributed by atoms with E-state index in [1.807, 2.05) is 59.3 Å². The fourth-order valence-electron chi connectivity index (χ4n) is 5.51. The van der Waals surface area contributed by atoms with E-state index in [4.69, 9.17) is 15.6 Å². The molecule has 3 atom stereocenters. The largest absolute Gasteiger partial charge is 0.457 e. The molecule has 1 aliphatic heterocycles. The number of benzene rings is 2. The summed E-state index contributed by atoms with van der Waals surface area (Å²) in [6, 6.07) is 16.8. The molecule has 2 aliphatic rings. The van der Waals surface area contributed by atoms with Crippen LogP contribution in [0.2, 0.25) is 0 Å². The predicted octanol–water partition coefficient (Wildman–Crippen LogP) is 3.77. The number of fused-ring (bicyclic) bond motifs is 3. The molecule has 6 rings (SSSR count). The Morgan fingerprint density at radius 3 is 2.55 bits per heavy atom. The fourth-order valence-corrected chi connectivity index (χ4v) is 5.51. The Balaban J connectivity index is 1.28. The van der Waals surface area contributed by atoms with Gasteiger partial charge in [0.05, 0.1) is 6.04 Å². The lowest BCUT2D eigenvalue weighted by atomic mass is 9.80. The van der Waals surface area contributed by atoms with Gasteiger partial charge in [0.1, 0.15) is 41.2 Å². The molecule has 0 spiro atoms. The van der Waals surface area contributed by atoms with Gasteiger partial charge in [0.2, 0.25) is 0 Å². The molecule has 2 amide bonds. The summed E-state index contributed by atoms with van der Waals surface area (Å²) >= 11 is 0. The molecule has 3 unspecified atom stereocenters. The first-order chi connectivity index (χ1) is 18.5. The minimum atomic E-state index is -0.539. The van der Waals surface area contributed by atoms with Crippen LogP contribution in [0, 0.1) is 5.92 Å². The van der Waals surface area contributed by atoms with Crippen molar-refractivity contribution < 1.29 is 14.3 Å². The molecule has 0 saturated heterocycles. The maximum atomic E-state index is 12.9. The first-order valence-corrected chi connectivity index (χ1v) is 12.6. The van der Waals surface area contributed by atoms with Gasteiger partial charge in [-0.15, -0.1) is 0 Å². The molecule has 4 aromatic rings. The van der Waals surface area contributed by atoms with Crippen molar-refractivity contribution >= 4 is 17.8 Å². The number of para-hydroxylation sites is 1. The number of anilines is 1. The summed E-state index contributed by atoms with van der Waals surface area (Å²) in [5.74, 6) is 1.83. The zero-order chi connectivity index (χ0) is 26.2. The van der Waals surface area contributed by atoms with E-state index >= 15 is 0 Å². The van der Waals surface area contributed by atoms with Crippen LogP contribution in [0.3, 0.4) is 0 Å². The summed E-state index contributed by atoms with van der Waals surface area (Å²) in [6.07, 6.45) is 5.25. The number of ether oxygens (including phenoxy) is 1. The number of hydrogen-bond acceptors (Lipinski definition) is 7. The first kappa shape index (κ1) is 23.7. The fraction of sp³-hybridized carbons (Fsp3) is 0.296. The van der Waals surface area contributed by atoms with E-state index in [1.165, 1.54) is 17.3 Å². The number of aromatic nitrogens is 5. The van der Waals surface area contributed by atoms with Crippen molar-refractivity contribution in [3.8, 4) is 22.8 Å². The molecular formula is C27H28N8O3.